The standard InChI is InChI=1S/C13H21NO4S/c1-10-8-11(6-7-12(10)18-5)19(16,17)14(4)13(2,3)9-15/h6-8,15H,9H2,1-5H3. The van der Waals surface area contributed by atoms with Crippen LogP contribution in [0.1, 0.15) is 19.4 Å². The Morgan fingerprint density at radius 1 is 1.37 bits per heavy atom. The Balaban J connectivity index is 3.25. The smallest absolute Gasteiger partial charge is 0.243 e. The molecular weight excluding hydrogens is 266 g/mol. The van der Waals surface area contributed by atoms with Gasteiger partial charge in [-0.25, -0.2) is 8.42 Å². The summed E-state index contributed by atoms with van der Waals surface area (Å²) in [6.07, 6.45) is 0. The zero-order chi connectivity index (χ0) is 14.8. The van der Waals surface area contributed by atoms with Crippen LogP contribution < -0.4 is 4.74 Å². The van der Waals surface area contributed by atoms with Crippen LogP contribution in [0, 0.1) is 6.92 Å². The summed E-state index contributed by atoms with van der Waals surface area (Å²) in [4.78, 5) is 0.190. The molecule has 5 nitrogen and oxygen atoms in total. The summed E-state index contributed by atoms with van der Waals surface area (Å²) in [5.41, 5.74) is -0.106. The van der Waals surface area contributed by atoms with E-state index in [9.17, 15) is 13.5 Å². The van der Waals surface area contributed by atoms with Gasteiger partial charge in [0, 0.05) is 7.05 Å². The number of aliphatic hydroxyl groups excluding tert-OH is 1. The van der Waals surface area contributed by atoms with Crippen molar-refractivity contribution in [1.29, 1.82) is 0 Å². The third-order valence-corrected chi connectivity index (χ3v) is 5.33. The summed E-state index contributed by atoms with van der Waals surface area (Å²) in [5, 5.41) is 9.29. The van der Waals surface area contributed by atoms with Gasteiger partial charge in [0.25, 0.3) is 0 Å². The summed E-state index contributed by atoms with van der Waals surface area (Å²) in [5.74, 6) is 0.642. The molecule has 0 amide bonds. The second-order valence-electron chi connectivity index (χ2n) is 5.07. The number of benzene rings is 1. The molecule has 1 aromatic rings. The first-order valence-electron chi connectivity index (χ1n) is 5.91. The molecule has 1 aromatic carbocycles. The molecule has 0 fully saturated rings. The number of methoxy groups -OCH3 is 1. The molecule has 1 rings (SSSR count). The minimum Gasteiger partial charge on any atom is -0.496 e. The van der Waals surface area contributed by atoms with Crippen molar-refractivity contribution in [2.24, 2.45) is 0 Å². The molecule has 0 saturated carbocycles. The second-order valence-corrected chi connectivity index (χ2v) is 7.04. The van der Waals surface area contributed by atoms with Crippen molar-refractivity contribution in [2.45, 2.75) is 31.2 Å². The van der Waals surface area contributed by atoms with Gasteiger partial charge in [0.15, 0.2) is 0 Å². The Bertz CT molecular complexity index is 552. The lowest BCUT2D eigenvalue weighted by molar-refractivity contribution is 0.138. The highest BCUT2D eigenvalue weighted by Gasteiger charge is 2.33. The molecule has 0 aromatic heterocycles. The predicted molar refractivity (Wildman–Crippen MR) is 73.8 cm³/mol. The molecule has 0 spiro atoms. The van der Waals surface area contributed by atoms with Crippen LogP contribution in [0.4, 0.5) is 0 Å². The average molecular weight is 287 g/mol. The molecule has 0 radical (unpaired) electrons. The Morgan fingerprint density at radius 3 is 2.37 bits per heavy atom. The van der Waals surface area contributed by atoms with E-state index >= 15 is 0 Å². The van der Waals surface area contributed by atoms with E-state index in [1.807, 2.05) is 0 Å². The fourth-order valence-corrected chi connectivity index (χ4v) is 3.18. The maximum atomic E-state index is 12.5. The number of ether oxygens (including phenoxy) is 1. The van der Waals surface area contributed by atoms with Crippen LogP contribution in [0.3, 0.4) is 0 Å². The van der Waals surface area contributed by atoms with Crippen LogP contribution >= 0.6 is 0 Å². The monoisotopic (exact) mass is 287 g/mol. The Kier molecular flexibility index (Phi) is 4.60. The summed E-state index contributed by atoms with van der Waals surface area (Å²) in [7, 11) is -0.636. The van der Waals surface area contributed by atoms with Gasteiger partial charge in [-0.3, -0.25) is 0 Å². The van der Waals surface area contributed by atoms with Crippen LogP contribution in [0.15, 0.2) is 23.1 Å². The van der Waals surface area contributed by atoms with E-state index in [-0.39, 0.29) is 11.5 Å². The van der Waals surface area contributed by atoms with Crippen molar-refractivity contribution < 1.29 is 18.3 Å². The topological polar surface area (TPSA) is 66.8 Å². The van der Waals surface area contributed by atoms with Gasteiger partial charge in [-0.05, 0) is 44.5 Å². The Hall–Kier alpha value is -1.11. The summed E-state index contributed by atoms with van der Waals surface area (Å²) in [6, 6.07) is 4.70. The lowest BCUT2D eigenvalue weighted by Gasteiger charge is -2.32. The molecule has 1 N–H and O–H groups in total. The minimum atomic E-state index is -3.64. The maximum Gasteiger partial charge on any atom is 0.243 e. The van der Waals surface area contributed by atoms with E-state index in [4.69, 9.17) is 4.74 Å². The molecule has 108 valence electrons. The molecule has 0 unspecified atom stereocenters. The van der Waals surface area contributed by atoms with Gasteiger partial charge in [-0.1, -0.05) is 0 Å². The highest BCUT2D eigenvalue weighted by Crippen LogP contribution is 2.26. The van der Waals surface area contributed by atoms with Crippen LogP contribution in [0.5, 0.6) is 5.75 Å². The number of rotatable bonds is 5. The van der Waals surface area contributed by atoms with Gasteiger partial charge in [-0.15, -0.1) is 0 Å². The molecular formula is C13H21NO4S. The van der Waals surface area contributed by atoms with Gasteiger partial charge in [0.1, 0.15) is 5.75 Å². The lowest BCUT2D eigenvalue weighted by Crippen LogP contribution is -2.47. The predicted octanol–water partition coefficient (Wildman–Crippen LogP) is 1.40. The number of hydrogen-bond acceptors (Lipinski definition) is 4. The quantitative estimate of drug-likeness (QED) is 0.889. The van der Waals surface area contributed by atoms with E-state index < -0.39 is 15.6 Å². The fourth-order valence-electron chi connectivity index (χ4n) is 1.59. The van der Waals surface area contributed by atoms with Crippen molar-refractivity contribution in [3.63, 3.8) is 0 Å². The SMILES string of the molecule is COc1ccc(S(=O)(=O)N(C)C(C)(C)CO)cc1C. The minimum absolute atomic E-state index is 0.190. The zero-order valence-electron chi connectivity index (χ0n) is 12.0. The van der Waals surface area contributed by atoms with Gasteiger partial charge in [0.2, 0.25) is 10.0 Å². The van der Waals surface area contributed by atoms with Gasteiger partial charge in [-0.2, -0.15) is 4.31 Å². The number of aryl methyl sites for hydroxylation is 1. The largest absolute Gasteiger partial charge is 0.496 e. The molecule has 6 heteroatoms. The number of nitrogens with zero attached hydrogens (tertiary/aromatic N) is 1. The maximum absolute atomic E-state index is 12.5. The fraction of sp³-hybridized carbons (Fsp3) is 0.538. The number of aliphatic hydroxyl groups is 1. The first-order valence-corrected chi connectivity index (χ1v) is 7.35. The number of hydrogen-bond donors (Lipinski definition) is 1. The van der Waals surface area contributed by atoms with E-state index in [1.54, 1.807) is 32.9 Å². The zero-order valence-corrected chi connectivity index (χ0v) is 12.8. The van der Waals surface area contributed by atoms with Crippen molar-refractivity contribution in [3.05, 3.63) is 23.8 Å². The van der Waals surface area contributed by atoms with Crippen molar-refractivity contribution in [3.8, 4) is 5.75 Å². The van der Waals surface area contributed by atoms with Crippen molar-refractivity contribution in [2.75, 3.05) is 20.8 Å². The summed E-state index contributed by atoms with van der Waals surface area (Å²) >= 11 is 0. The molecule has 0 aliphatic rings. The van der Waals surface area contributed by atoms with Crippen LogP contribution in [0.25, 0.3) is 0 Å². The van der Waals surface area contributed by atoms with E-state index in [0.717, 1.165) is 5.56 Å². The van der Waals surface area contributed by atoms with Crippen molar-refractivity contribution >= 4 is 10.0 Å². The molecule has 0 aliphatic heterocycles. The molecule has 0 atom stereocenters. The highest BCUT2D eigenvalue weighted by atomic mass is 32.2. The Morgan fingerprint density at radius 2 is 1.95 bits per heavy atom. The van der Waals surface area contributed by atoms with Crippen molar-refractivity contribution in [1.82, 2.24) is 4.31 Å². The molecule has 0 aliphatic carbocycles. The molecule has 19 heavy (non-hydrogen) atoms. The molecule has 0 bridgehead atoms. The Labute approximate surface area is 114 Å². The summed E-state index contributed by atoms with van der Waals surface area (Å²) in [6.45, 7) is 4.87. The van der Waals surface area contributed by atoms with Crippen LogP contribution in [0.2, 0.25) is 0 Å². The first kappa shape index (κ1) is 15.9. The first-order chi connectivity index (χ1) is 8.66. The third-order valence-electron chi connectivity index (χ3n) is 3.26. The molecule has 0 heterocycles. The van der Waals surface area contributed by atoms with Gasteiger partial charge < -0.3 is 9.84 Å². The van der Waals surface area contributed by atoms with Crippen LogP contribution in [-0.2, 0) is 10.0 Å². The van der Waals surface area contributed by atoms with E-state index in [2.05, 4.69) is 0 Å². The third kappa shape index (κ3) is 3.08. The molecule has 0 saturated heterocycles. The highest BCUT2D eigenvalue weighted by molar-refractivity contribution is 7.89. The summed E-state index contributed by atoms with van der Waals surface area (Å²) < 4.78 is 31.2. The normalized spacial score (nSPS) is 12.8. The second kappa shape index (κ2) is 5.48. The van der Waals surface area contributed by atoms with Gasteiger partial charge in [0.05, 0.1) is 24.2 Å². The van der Waals surface area contributed by atoms with E-state index in [0.29, 0.717) is 5.75 Å². The van der Waals surface area contributed by atoms with Crippen LogP contribution in [-0.4, -0.2) is 44.1 Å². The number of likely N-dealkylation sites (N-methyl/N-ethyl adjacent to an activating group) is 1. The van der Waals surface area contributed by atoms with E-state index in [1.165, 1.54) is 24.5 Å². The average Bonchev–Trinajstić information content (AvgIpc) is 2.37. The lowest BCUT2D eigenvalue weighted by atomic mass is 10.1. The number of sulfonamides is 1. The van der Waals surface area contributed by atoms with Gasteiger partial charge >= 0.3 is 0 Å².